The third-order valence-electron chi connectivity index (χ3n) is 3.81. The molecule has 0 spiro atoms. The molecule has 1 fully saturated rings. The molecule has 1 aromatic rings. The van der Waals surface area contributed by atoms with Gasteiger partial charge in [0.05, 0.1) is 6.54 Å². The summed E-state index contributed by atoms with van der Waals surface area (Å²) in [5.41, 5.74) is 1.02. The van der Waals surface area contributed by atoms with E-state index in [2.05, 4.69) is 34.4 Å². The number of piperidine rings is 1. The zero-order chi connectivity index (χ0) is 15.2. The maximum absolute atomic E-state index is 12.2. The van der Waals surface area contributed by atoms with Crippen LogP contribution >= 0.6 is 0 Å². The number of nitrogens with one attached hydrogen (secondary N) is 2. The molecule has 1 aromatic heterocycles. The maximum atomic E-state index is 12.2. The number of rotatable bonds is 5. The summed E-state index contributed by atoms with van der Waals surface area (Å²) in [7, 11) is 1.84. The maximum Gasteiger partial charge on any atom is 0.241 e. The molecule has 2 N–H and O–H groups in total. The minimum atomic E-state index is 0.147. The molecule has 0 aromatic carbocycles. The van der Waals surface area contributed by atoms with E-state index in [1.807, 2.05) is 11.9 Å². The standard InChI is InChI=1S/C15H25N5O/c1-11(2)13-14(16-3)18-10-19-15(13)17-9-12(21)20-7-5-4-6-8-20/h10-11H,4-9H2,1-3H3,(H2,16,17,18,19). The van der Waals surface area contributed by atoms with Gasteiger partial charge < -0.3 is 15.5 Å². The normalized spacial score (nSPS) is 15.1. The lowest BCUT2D eigenvalue weighted by atomic mass is 10.0. The van der Waals surface area contributed by atoms with Crippen LogP contribution in [0.25, 0.3) is 0 Å². The Hall–Kier alpha value is -1.85. The van der Waals surface area contributed by atoms with Crippen molar-refractivity contribution in [2.45, 2.75) is 39.0 Å². The van der Waals surface area contributed by atoms with Crippen molar-refractivity contribution in [1.82, 2.24) is 14.9 Å². The van der Waals surface area contributed by atoms with Gasteiger partial charge in [0, 0.05) is 25.7 Å². The molecule has 0 aliphatic carbocycles. The molecule has 0 saturated carbocycles. The molecule has 2 rings (SSSR count). The third-order valence-corrected chi connectivity index (χ3v) is 3.81. The smallest absolute Gasteiger partial charge is 0.241 e. The molecule has 116 valence electrons. The summed E-state index contributed by atoms with van der Waals surface area (Å²) in [6.45, 7) is 6.24. The number of anilines is 2. The molecule has 0 bridgehead atoms. The SMILES string of the molecule is CNc1ncnc(NCC(=O)N2CCCCC2)c1C(C)C. The van der Waals surface area contributed by atoms with Gasteiger partial charge in [0.25, 0.3) is 0 Å². The Bertz CT molecular complexity index is 483. The van der Waals surface area contributed by atoms with Gasteiger partial charge in [-0.25, -0.2) is 9.97 Å². The van der Waals surface area contributed by atoms with E-state index in [0.717, 1.165) is 43.1 Å². The fourth-order valence-corrected chi connectivity index (χ4v) is 2.70. The summed E-state index contributed by atoms with van der Waals surface area (Å²) in [5.74, 6) is 1.98. The number of amides is 1. The van der Waals surface area contributed by atoms with Crippen molar-refractivity contribution < 1.29 is 4.79 Å². The summed E-state index contributed by atoms with van der Waals surface area (Å²) in [5, 5.41) is 6.27. The number of carbonyl (C=O) groups excluding carboxylic acids is 1. The van der Waals surface area contributed by atoms with Crippen molar-refractivity contribution in [2.75, 3.05) is 37.3 Å². The molecule has 0 radical (unpaired) electrons. The quantitative estimate of drug-likeness (QED) is 0.869. The molecule has 2 heterocycles. The van der Waals surface area contributed by atoms with E-state index < -0.39 is 0 Å². The highest BCUT2D eigenvalue weighted by Gasteiger charge is 2.18. The number of hydrogen-bond donors (Lipinski definition) is 2. The van der Waals surface area contributed by atoms with Gasteiger partial charge in [-0.2, -0.15) is 0 Å². The van der Waals surface area contributed by atoms with Crippen LogP contribution < -0.4 is 10.6 Å². The highest BCUT2D eigenvalue weighted by Crippen LogP contribution is 2.27. The van der Waals surface area contributed by atoms with Crippen LogP contribution in [0, 0.1) is 0 Å². The lowest BCUT2D eigenvalue weighted by molar-refractivity contribution is -0.130. The molecule has 0 unspecified atom stereocenters. The van der Waals surface area contributed by atoms with Crippen LogP contribution in [0.1, 0.15) is 44.6 Å². The first-order valence-electron chi connectivity index (χ1n) is 7.67. The lowest BCUT2D eigenvalue weighted by Crippen LogP contribution is -2.39. The molecule has 1 aliphatic rings. The molecular formula is C15H25N5O. The molecular weight excluding hydrogens is 266 g/mol. The van der Waals surface area contributed by atoms with E-state index in [4.69, 9.17) is 0 Å². The monoisotopic (exact) mass is 291 g/mol. The second-order valence-corrected chi connectivity index (χ2v) is 5.68. The minimum Gasteiger partial charge on any atom is -0.373 e. The van der Waals surface area contributed by atoms with Gasteiger partial charge in [-0.3, -0.25) is 4.79 Å². The minimum absolute atomic E-state index is 0.147. The topological polar surface area (TPSA) is 70.1 Å². The van der Waals surface area contributed by atoms with Gasteiger partial charge in [0.2, 0.25) is 5.91 Å². The first-order valence-corrected chi connectivity index (χ1v) is 7.67. The van der Waals surface area contributed by atoms with E-state index in [1.54, 1.807) is 0 Å². The Morgan fingerprint density at radius 2 is 1.90 bits per heavy atom. The van der Waals surface area contributed by atoms with Crippen molar-refractivity contribution in [3.63, 3.8) is 0 Å². The van der Waals surface area contributed by atoms with Crippen LogP contribution in [0.15, 0.2) is 6.33 Å². The Balaban J connectivity index is 2.04. The average molecular weight is 291 g/mol. The second-order valence-electron chi connectivity index (χ2n) is 5.68. The van der Waals surface area contributed by atoms with Crippen molar-refractivity contribution in [3.05, 3.63) is 11.9 Å². The van der Waals surface area contributed by atoms with E-state index in [-0.39, 0.29) is 11.8 Å². The van der Waals surface area contributed by atoms with Crippen molar-refractivity contribution in [2.24, 2.45) is 0 Å². The lowest BCUT2D eigenvalue weighted by Gasteiger charge is -2.27. The van der Waals surface area contributed by atoms with Crippen molar-refractivity contribution in [1.29, 1.82) is 0 Å². The molecule has 1 amide bonds. The van der Waals surface area contributed by atoms with E-state index in [1.165, 1.54) is 12.7 Å². The van der Waals surface area contributed by atoms with Crippen LogP contribution in [0.4, 0.5) is 11.6 Å². The zero-order valence-electron chi connectivity index (χ0n) is 13.1. The molecule has 1 aliphatic heterocycles. The summed E-state index contributed by atoms with van der Waals surface area (Å²) in [6, 6.07) is 0. The first-order chi connectivity index (χ1) is 10.1. The van der Waals surface area contributed by atoms with Crippen LogP contribution in [-0.2, 0) is 4.79 Å². The van der Waals surface area contributed by atoms with E-state index >= 15 is 0 Å². The Kier molecular flexibility index (Phi) is 5.36. The summed E-state index contributed by atoms with van der Waals surface area (Å²) < 4.78 is 0. The fraction of sp³-hybridized carbons (Fsp3) is 0.667. The van der Waals surface area contributed by atoms with E-state index in [9.17, 15) is 4.79 Å². The van der Waals surface area contributed by atoms with Crippen molar-refractivity contribution >= 4 is 17.5 Å². The fourth-order valence-electron chi connectivity index (χ4n) is 2.70. The third kappa shape index (κ3) is 3.83. The highest BCUT2D eigenvalue weighted by molar-refractivity contribution is 5.81. The highest BCUT2D eigenvalue weighted by atomic mass is 16.2. The van der Waals surface area contributed by atoms with Gasteiger partial charge in [0.1, 0.15) is 18.0 Å². The Morgan fingerprint density at radius 3 is 2.52 bits per heavy atom. The zero-order valence-corrected chi connectivity index (χ0v) is 13.1. The summed E-state index contributed by atoms with van der Waals surface area (Å²) in [4.78, 5) is 22.7. The van der Waals surface area contributed by atoms with E-state index in [0.29, 0.717) is 6.54 Å². The Morgan fingerprint density at radius 1 is 1.24 bits per heavy atom. The number of aromatic nitrogens is 2. The van der Waals surface area contributed by atoms with Crippen molar-refractivity contribution in [3.8, 4) is 0 Å². The molecule has 21 heavy (non-hydrogen) atoms. The molecule has 6 heteroatoms. The summed E-state index contributed by atoms with van der Waals surface area (Å²) >= 11 is 0. The number of likely N-dealkylation sites (tertiary alicyclic amines) is 1. The van der Waals surface area contributed by atoms with Gasteiger partial charge in [-0.15, -0.1) is 0 Å². The van der Waals surface area contributed by atoms with Gasteiger partial charge in [-0.05, 0) is 25.2 Å². The summed E-state index contributed by atoms with van der Waals surface area (Å²) in [6.07, 6.45) is 4.97. The van der Waals surface area contributed by atoms with Crippen LogP contribution in [0.3, 0.4) is 0 Å². The van der Waals surface area contributed by atoms with Crippen LogP contribution in [0.5, 0.6) is 0 Å². The second kappa shape index (κ2) is 7.24. The number of carbonyl (C=O) groups is 1. The molecule has 0 atom stereocenters. The van der Waals surface area contributed by atoms with Crippen LogP contribution in [0.2, 0.25) is 0 Å². The van der Waals surface area contributed by atoms with Gasteiger partial charge >= 0.3 is 0 Å². The Labute approximate surface area is 126 Å². The predicted octanol–water partition coefficient (Wildman–Crippen LogP) is 2.07. The van der Waals surface area contributed by atoms with Crippen LogP contribution in [-0.4, -0.2) is 47.5 Å². The number of nitrogens with zero attached hydrogens (tertiary/aromatic N) is 3. The van der Waals surface area contributed by atoms with Gasteiger partial charge in [0.15, 0.2) is 0 Å². The molecule has 6 nitrogen and oxygen atoms in total. The average Bonchev–Trinajstić information content (AvgIpc) is 2.52. The largest absolute Gasteiger partial charge is 0.373 e. The predicted molar refractivity (Wildman–Crippen MR) is 84.6 cm³/mol. The molecule has 1 saturated heterocycles. The van der Waals surface area contributed by atoms with Gasteiger partial charge in [-0.1, -0.05) is 13.8 Å². The number of hydrogen-bond acceptors (Lipinski definition) is 5. The first kappa shape index (κ1) is 15.5.